The summed E-state index contributed by atoms with van der Waals surface area (Å²) < 4.78 is 4.98. The van der Waals surface area contributed by atoms with Gasteiger partial charge in [-0.25, -0.2) is 9.59 Å². The number of hydrogen-bond donors (Lipinski definition) is 2. The molecule has 0 bridgehead atoms. The lowest BCUT2D eigenvalue weighted by atomic mass is 9.85. The fourth-order valence-electron chi connectivity index (χ4n) is 4.23. The quantitative estimate of drug-likeness (QED) is 0.733. The van der Waals surface area contributed by atoms with Gasteiger partial charge >= 0.3 is 12.0 Å². The monoisotopic (exact) mass is 381 g/mol. The first kappa shape index (κ1) is 21.5. The predicted molar refractivity (Wildman–Crippen MR) is 103 cm³/mol. The van der Waals surface area contributed by atoms with Gasteiger partial charge < -0.3 is 20.3 Å². The van der Waals surface area contributed by atoms with Crippen molar-refractivity contribution in [2.45, 2.75) is 73.0 Å². The smallest absolute Gasteiger partial charge is 0.328 e. The van der Waals surface area contributed by atoms with Crippen molar-refractivity contribution >= 4 is 17.9 Å². The highest BCUT2D eigenvalue weighted by molar-refractivity contribution is 5.92. The lowest BCUT2D eigenvalue weighted by molar-refractivity contribution is -0.154. The number of piperidine rings is 1. The van der Waals surface area contributed by atoms with E-state index in [1.165, 1.54) is 7.11 Å². The maximum absolute atomic E-state index is 13.4. The zero-order valence-corrected chi connectivity index (χ0v) is 18.1. The summed E-state index contributed by atoms with van der Waals surface area (Å²) in [5.41, 5.74) is -0.886. The minimum Gasteiger partial charge on any atom is -0.467 e. The van der Waals surface area contributed by atoms with E-state index in [9.17, 15) is 14.4 Å². The average molecular weight is 382 g/mol. The van der Waals surface area contributed by atoms with Gasteiger partial charge in [0.15, 0.2) is 0 Å². The van der Waals surface area contributed by atoms with Crippen LogP contribution in [0.5, 0.6) is 0 Å². The number of amides is 3. The normalized spacial score (nSPS) is 27.4. The second-order valence-electron chi connectivity index (χ2n) is 10.6. The Hall–Kier alpha value is -1.79. The van der Waals surface area contributed by atoms with Crippen LogP contribution >= 0.6 is 0 Å². The molecule has 0 spiro atoms. The van der Waals surface area contributed by atoms with Crippen LogP contribution in [0, 0.1) is 22.7 Å². The Morgan fingerprint density at radius 3 is 2.11 bits per heavy atom. The molecular weight excluding hydrogens is 346 g/mol. The molecule has 7 heteroatoms. The second-order valence-corrected chi connectivity index (χ2v) is 10.6. The van der Waals surface area contributed by atoms with E-state index in [-0.39, 0.29) is 29.1 Å². The third-order valence-corrected chi connectivity index (χ3v) is 5.81. The van der Waals surface area contributed by atoms with E-state index in [1.807, 2.05) is 41.5 Å². The molecule has 0 aromatic rings. The number of esters is 1. The number of nitrogens with zero attached hydrogens (tertiary/aromatic N) is 1. The first-order valence-corrected chi connectivity index (χ1v) is 9.58. The number of rotatable bonds is 3. The van der Waals surface area contributed by atoms with E-state index >= 15 is 0 Å². The molecule has 1 aliphatic heterocycles. The van der Waals surface area contributed by atoms with Gasteiger partial charge in [-0.3, -0.25) is 4.79 Å². The molecule has 0 unspecified atom stereocenters. The summed E-state index contributed by atoms with van der Waals surface area (Å²) in [4.78, 5) is 39.8. The van der Waals surface area contributed by atoms with Gasteiger partial charge in [0.2, 0.25) is 5.91 Å². The SMILES string of the molecule is COC(=O)[C@@H]1[C@H]2[C@H](CN1C(=O)[C@H](NC(=O)NC(C)(C)C)C(C)(C)C)C2(C)C. The van der Waals surface area contributed by atoms with Gasteiger partial charge in [0.05, 0.1) is 7.11 Å². The molecule has 1 saturated heterocycles. The fraction of sp³-hybridized carbons (Fsp3) is 0.850. The Balaban J connectivity index is 2.23. The first-order valence-electron chi connectivity index (χ1n) is 9.58. The standard InChI is InChI=1S/C20H35N3O4/c1-18(2,3)14(21-17(26)22-19(4,5)6)15(24)23-10-11-12(20(11,7)8)13(23)16(25)27-9/h11-14H,10H2,1-9H3,(H2,21,22,26)/t11-,12+,13-,14-/m0/s1. The lowest BCUT2D eigenvalue weighted by Crippen LogP contribution is -2.60. The Morgan fingerprint density at radius 1 is 1.11 bits per heavy atom. The molecule has 27 heavy (non-hydrogen) atoms. The minimum absolute atomic E-state index is 0.0317. The number of nitrogens with one attached hydrogen (secondary N) is 2. The average Bonchev–Trinajstić information content (AvgIpc) is 2.85. The number of urea groups is 1. The molecule has 0 aromatic heterocycles. The summed E-state index contributed by atoms with van der Waals surface area (Å²) in [7, 11) is 1.35. The van der Waals surface area contributed by atoms with Crippen molar-refractivity contribution < 1.29 is 19.1 Å². The molecule has 154 valence electrons. The van der Waals surface area contributed by atoms with Crippen molar-refractivity contribution in [3.8, 4) is 0 Å². The van der Waals surface area contributed by atoms with Crippen LogP contribution in [0.25, 0.3) is 0 Å². The number of methoxy groups -OCH3 is 1. The molecule has 2 N–H and O–H groups in total. The third-order valence-electron chi connectivity index (χ3n) is 5.81. The van der Waals surface area contributed by atoms with Crippen molar-refractivity contribution in [2.75, 3.05) is 13.7 Å². The number of hydrogen-bond acceptors (Lipinski definition) is 4. The Morgan fingerprint density at radius 2 is 1.67 bits per heavy atom. The molecule has 3 amide bonds. The van der Waals surface area contributed by atoms with E-state index in [1.54, 1.807) is 4.90 Å². The van der Waals surface area contributed by atoms with Gasteiger partial charge in [-0.1, -0.05) is 34.6 Å². The largest absolute Gasteiger partial charge is 0.467 e. The van der Waals surface area contributed by atoms with Gasteiger partial charge in [0.1, 0.15) is 12.1 Å². The number of carbonyl (C=O) groups excluding carboxylic acids is 3. The van der Waals surface area contributed by atoms with E-state index in [0.717, 1.165) is 0 Å². The summed E-state index contributed by atoms with van der Waals surface area (Å²) in [6, 6.07) is -1.72. The summed E-state index contributed by atoms with van der Waals surface area (Å²) in [5.74, 6) is -0.217. The van der Waals surface area contributed by atoms with E-state index in [0.29, 0.717) is 6.54 Å². The van der Waals surface area contributed by atoms with E-state index in [4.69, 9.17) is 4.74 Å². The van der Waals surface area contributed by atoms with Crippen LogP contribution in [0.3, 0.4) is 0 Å². The summed E-state index contributed by atoms with van der Waals surface area (Å²) in [5, 5.41) is 5.66. The molecule has 1 aliphatic carbocycles. The number of ether oxygens (including phenoxy) is 1. The highest BCUT2D eigenvalue weighted by atomic mass is 16.5. The summed E-state index contributed by atoms with van der Waals surface area (Å²) >= 11 is 0. The predicted octanol–water partition coefficient (Wildman–Crippen LogP) is 2.15. The van der Waals surface area contributed by atoms with Crippen molar-refractivity contribution in [1.29, 1.82) is 0 Å². The number of carbonyl (C=O) groups is 3. The van der Waals surface area contributed by atoms with Gasteiger partial charge in [-0.2, -0.15) is 0 Å². The molecule has 0 aromatic carbocycles. The summed E-state index contributed by atoms with van der Waals surface area (Å²) in [6.45, 7) is 16.1. The van der Waals surface area contributed by atoms with Gasteiger partial charge in [-0.15, -0.1) is 0 Å². The molecule has 2 aliphatic rings. The Bertz CT molecular complexity index is 630. The van der Waals surface area contributed by atoms with Crippen LogP contribution in [-0.4, -0.2) is 54.1 Å². The number of likely N-dealkylation sites (tertiary alicyclic amines) is 1. The van der Waals surface area contributed by atoms with Crippen LogP contribution in [0.1, 0.15) is 55.4 Å². The maximum atomic E-state index is 13.4. The Labute approximate surface area is 162 Å². The van der Waals surface area contributed by atoms with Gasteiger partial charge in [-0.05, 0) is 37.5 Å². The molecule has 7 nitrogen and oxygen atoms in total. The lowest BCUT2D eigenvalue weighted by Gasteiger charge is -2.37. The van der Waals surface area contributed by atoms with Crippen molar-refractivity contribution in [3.63, 3.8) is 0 Å². The summed E-state index contributed by atoms with van der Waals surface area (Å²) in [6.07, 6.45) is 0. The van der Waals surface area contributed by atoms with Crippen LogP contribution in [0.15, 0.2) is 0 Å². The van der Waals surface area contributed by atoms with Gasteiger partial charge in [0.25, 0.3) is 0 Å². The molecule has 0 radical (unpaired) electrons. The van der Waals surface area contributed by atoms with Crippen LogP contribution in [0.2, 0.25) is 0 Å². The minimum atomic E-state index is -0.743. The zero-order valence-electron chi connectivity index (χ0n) is 18.1. The molecule has 1 heterocycles. The highest BCUT2D eigenvalue weighted by Crippen LogP contribution is 2.65. The van der Waals surface area contributed by atoms with Gasteiger partial charge in [0, 0.05) is 18.0 Å². The van der Waals surface area contributed by atoms with Crippen molar-refractivity contribution in [1.82, 2.24) is 15.5 Å². The Kier molecular flexibility index (Phi) is 5.32. The third kappa shape index (κ3) is 4.22. The zero-order chi connectivity index (χ0) is 20.9. The van der Waals surface area contributed by atoms with E-state index in [2.05, 4.69) is 24.5 Å². The van der Waals surface area contributed by atoms with Crippen LogP contribution in [0.4, 0.5) is 4.79 Å². The topological polar surface area (TPSA) is 87.7 Å². The van der Waals surface area contributed by atoms with Crippen LogP contribution < -0.4 is 10.6 Å². The first-order chi connectivity index (χ1) is 12.1. The highest BCUT2D eigenvalue weighted by Gasteiger charge is 2.70. The molecule has 2 fully saturated rings. The van der Waals surface area contributed by atoms with E-state index < -0.39 is 29.1 Å². The molecule has 1 saturated carbocycles. The molecule has 4 atom stereocenters. The fourth-order valence-corrected chi connectivity index (χ4v) is 4.23. The molecular formula is C20H35N3O4. The van der Waals surface area contributed by atoms with Crippen molar-refractivity contribution in [2.24, 2.45) is 22.7 Å². The number of fused-ring (bicyclic) bond motifs is 1. The molecule has 2 rings (SSSR count). The second kappa shape index (κ2) is 6.67. The maximum Gasteiger partial charge on any atom is 0.328 e. The van der Waals surface area contributed by atoms with Crippen LogP contribution in [-0.2, 0) is 14.3 Å². The van der Waals surface area contributed by atoms with Crippen molar-refractivity contribution in [3.05, 3.63) is 0 Å².